The SMILES string of the molecule is Cc1ccc(C(C)N2CC3CCCC3C2C(=O)O)cc1. The van der Waals surface area contributed by atoms with Crippen LogP contribution in [0.2, 0.25) is 0 Å². The van der Waals surface area contributed by atoms with E-state index in [2.05, 4.69) is 43.0 Å². The maximum atomic E-state index is 11.7. The Morgan fingerprint density at radius 1 is 1.30 bits per heavy atom. The van der Waals surface area contributed by atoms with Gasteiger partial charge in [-0.05, 0) is 44.1 Å². The Kier molecular flexibility index (Phi) is 3.55. The molecular formula is C17H23NO2. The molecule has 0 aromatic heterocycles. The van der Waals surface area contributed by atoms with Crippen LogP contribution in [0, 0.1) is 18.8 Å². The van der Waals surface area contributed by atoms with E-state index in [0.29, 0.717) is 11.8 Å². The molecule has 20 heavy (non-hydrogen) atoms. The second-order valence-corrected chi connectivity index (χ2v) is 6.42. The lowest BCUT2D eigenvalue weighted by molar-refractivity contribution is -0.144. The van der Waals surface area contributed by atoms with Crippen LogP contribution in [0.15, 0.2) is 24.3 Å². The molecule has 1 aliphatic heterocycles. The molecule has 3 rings (SSSR count). The summed E-state index contributed by atoms with van der Waals surface area (Å²) in [5.74, 6) is 0.308. The van der Waals surface area contributed by atoms with Crippen molar-refractivity contribution in [2.75, 3.05) is 6.54 Å². The van der Waals surface area contributed by atoms with Crippen molar-refractivity contribution in [2.45, 2.75) is 45.2 Å². The van der Waals surface area contributed by atoms with Crippen molar-refractivity contribution in [3.63, 3.8) is 0 Å². The molecule has 1 N–H and O–H groups in total. The molecule has 1 aliphatic carbocycles. The number of hydrogen-bond acceptors (Lipinski definition) is 2. The first kappa shape index (κ1) is 13.6. The van der Waals surface area contributed by atoms with Gasteiger partial charge >= 0.3 is 5.97 Å². The van der Waals surface area contributed by atoms with Gasteiger partial charge in [-0.25, -0.2) is 0 Å². The molecule has 2 aliphatic rings. The zero-order valence-electron chi connectivity index (χ0n) is 12.2. The summed E-state index contributed by atoms with van der Waals surface area (Å²) in [5.41, 5.74) is 2.47. The van der Waals surface area contributed by atoms with Crippen LogP contribution in [-0.4, -0.2) is 28.6 Å². The quantitative estimate of drug-likeness (QED) is 0.919. The molecule has 0 radical (unpaired) electrons. The van der Waals surface area contributed by atoms with Crippen LogP contribution in [0.3, 0.4) is 0 Å². The Morgan fingerprint density at radius 2 is 2.00 bits per heavy atom. The molecule has 1 aromatic rings. The number of aryl methyl sites for hydroxylation is 1. The average Bonchev–Trinajstić information content (AvgIpc) is 2.97. The zero-order chi connectivity index (χ0) is 14.3. The molecule has 4 atom stereocenters. The Balaban J connectivity index is 1.84. The lowest BCUT2D eigenvalue weighted by Crippen LogP contribution is -2.41. The summed E-state index contributed by atoms with van der Waals surface area (Å²) in [6.45, 7) is 5.16. The monoisotopic (exact) mass is 273 g/mol. The number of carboxylic acids is 1. The van der Waals surface area contributed by atoms with Gasteiger partial charge in [0.2, 0.25) is 0 Å². The first-order valence-corrected chi connectivity index (χ1v) is 7.63. The predicted octanol–water partition coefficient (Wildman–Crippen LogP) is 3.24. The van der Waals surface area contributed by atoms with E-state index in [-0.39, 0.29) is 12.1 Å². The van der Waals surface area contributed by atoms with Crippen molar-refractivity contribution in [1.29, 1.82) is 0 Å². The standard InChI is InChI=1S/C17H23NO2/c1-11-6-8-13(9-7-11)12(2)18-10-14-4-3-5-15(14)16(18)17(19)20/h6-9,12,14-16H,3-5,10H2,1-2H3,(H,19,20). The van der Waals surface area contributed by atoms with Gasteiger partial charge in [0.15, 0.2) is 0 Å². The van der Waals surface area contributed by atoms with Gasteiger partial charge < -0.3 is 5.11 Å². The van der Waals surface area contributed by atoms with Crippen molar-refractivity contribution in [3.8, 4) is 0 Å². The minimum atomic E-state index is -0.640. The smallest absolute Gasteiger partial charge is 0.321 e. The highest BCUT2D eigenvalue weighted by atomic mass is 16.4. The van der Waals surface area contributed by atoms with Crippen LogP contribution in [0.25, 0.3) is 0 Å². The Hall–Kier alpha value is -1.35. The van der Waals surface area contributed by atoms with Crippen LogP contribution in [0.4, 0.5) is 0 Å². The first-order chi connectivity index (χ1) is 9.58. The van der Waals surface area contributed by atoms with Crippen LogP contribution in [0.5, 0.6) is 0 Å². The molecule has 1 heterocycles. The minimum Gasteiger partial charge on any atom is -0.480 e. The molecule has 4 unspecified atom stereocenters. The third kappa shape index (κ3) is 2.24. The predicted molar refractivity (Wildman–Crippen MR) is 78.6 cm³/mol. The normalized spacial score (nSPS) is 31.2. The fraction of sp³-hybridized carbons (Fsp3) is 0.588. The molecule has 0 bridgehead atoms. The van der Waals surface area contributed by atoms with Gasteiger partial charge in [0.25, 0.3) is 0 Å². The van der Waals surface area contributed by atoms with E-state index in [1.54, 1.807) is 0 Å². The lowest BCUT2D eigenvalue weighted by Gasteiger charge is -2.30. The molecule has 1 saturated heterocycles. The number of rotatable bonds is 3. The van der Waals surface area contributed by atoms with Crippen LogP contribution in [0.1, 0.15) is 43.4 Å². The highest BCUT2D eigenvalue weighted by molar-refractivity contribution is 5.74. The van der Waals surface area contributed by atoms with E-state index in [0.717, 1.165) is 13.0 Å². The van der Waals surface area contributed by atoms with Gasteiger partial charge in [-0.15, -0.1) is 0 Å². The Labute approximate surface area is 120 Å². The van der Waals surface area contributed by atoms with Crippen molar-refractivity contribution >= 4 is 5.97 Å². The van der Waals surface area contributed by atoms with Crippen molar-refractivity contribution in [3.05, 3.63) is 35.4 Å². The van der Waals surface area contributed by atoms with Gasteiger partial charge in [-0.1, -0.05) is 36.2 Å². The first-order valence-electron chi connectivity index (χ1n) is 7.63. The minimum absolute atomic E-state index is 0.183. The highest BCUT2D eigenvalue weighted by Gasteiger charge is 2.49. The van der Waals surface area contributed by atoms with Gasteiger partial charge in [-0.3, -0.25) is 9.69 Å². The maximum Gasteiger partial charge on any atom is 0.321 e. The fourth-order valence-corrected chi connectivity index (χ4v) is 4.10. The Morgan fingerprint density at radius 3 is 2.65 bits per heavy atom. The lowest BCUT2D eigenvalue weighted by atomic mass is 9.94. The van der Waals surface area contributed by atoms with E-state index in [1.165, 1.54) is 24.0 Å². The number of hydrogen-bond donors (Lipinski definition) is 1. The second kappa shape index (κ2) is 5.21. The summed E-state index contributed by atoms with van der Waals surface area (Å²) in [7, 11) is 0. The molecule has 108 valence electrons. The highest BCUT2D eigenvalue weighted by Crippen LogP contribution is 2.45. The van der Waals surface area contributed by atoms with E-state index < -0.39 is 5.97 Å². The summed E-state index contributed by atoms with van der Waals surface area (Å²) >= 11 is 0. The summed E-state index contributed by atoms with van der Waals surface area (Å²) in [5, 5.41) is 9.63. The van der Waals surface area contributed by atoms with Crippen molar-refractivity contribution < 1.29 is 9.90 Å². The van der Waals surface area contributed by atoms with Crippen LogP contribution < -0.4 is 0 Å². The number of likely N-dealkylation sites (tertiary alicyclic amines) is 1. The van der Waals surface area contributed by atoms with E-state index in [1.807, 2.05) is 0 Å². The van der Waals surface area contributed by atoms with Crippen LogP contribution >= 0.6 is 0 Å². The fourth-order valence-electron chi connectivity index (χ4n) is 4.10. The number of carboxylic acid groups (broad SMARTS) is 1. The third-order valence-corrected chi connectivity index (χ3v) is 5.24. The topological polar surface area (TPSA) is 40.5 Å². The molecule has 3 nitrogen and oxygen atoms in total. The van der Waals surface area contributed by atoms with Crippen molar-refractivity contribution in [1.82, 2.24) is 4.90 Å². The Bertz CT molecular complexity index is 496. The molecule has 0 spiro atoms. The van der Waals surface area contributed by atoms with E-state index >= 15 is 0 Å². The van der Waals surface area contributed by atoms with E-state index in [4.69, 9.17) is 0 Å². The maximum absolute atomic E-state index is 11.7. The van der Waals surface area contributed by atoms with Gasteiger partial charge in [0.1, 0.15) is 6.04 Å². The summed E-state index contributed by atoms with van der Waals surface area (Å²) < 4.78 is 0. The molecule has 3 heteroatoms. The molecule has 1 saturated carbocycles. The molecule has 2 fully saturated rings. The molecule has 1 aromatic carbocycles. The number of nitrogens with zero attached hydrogens (tertiary/aromatic N) is 1. The third-order valence-electron chi connectivity index (χ3n) is 5.24. The van der Waals surface area contributed by atoms with Gasteiger partial charge in [-0.2, -0.15) is 0 Å². The molecular weight excluding hydrogens is 250 g/mol. The molecule has 0 amide bonds. The van der Waals surface area contributed by atoms with Gasteiger partial charge in [0.05, 0.1) is 0 Å². The number of aliphatic carboxylic acids is 1. The van der Waals surface area contributed by atoms with Crippen LogP contribution in [-0.2, 0) is 4.79 Å². The summed E-state index contributed by atoms with van der Waals surface area (Å²) in [4.78, 5) is 13.9. The van der Waals surface area contributed by atoms with Gasteiger partial charge in [0, 0.05) is 12.6 Å². The number of fused-ring (bicyclic) bond motifs is 1. The average molecular weight is 273 g/mol. The zero-order valence-corrected chi connectivity index (χ0v) is 12.2. The van der Waals surface area contributed by atoms with Crippen molar-refractivity contribution in [2.24, 2.45) is 11.8 Å². The summed E-state index contributed by atoms with van der Waals surface area (Å²) in [6, 6.07) is 8.37. The second-order valence-electron chi connectivity index (χ2n) is 6.42. The largest absolute Gasteiger partial charge is 0.480 e. The number of benzene rings is 1. The number of carbonyl (C=O) groups is 1. The summed E-state index contributed by atoms with van der Waals surface area (Å²) in [6.07, 6.45) is 3.48. The van der Waals surface area contributed by atoms with E-state index in [9.17, 15) is 9.90 Å².